The third-order valence-corrected chi connectivity index (χ3v) is 5.82. The number of hydrogen-bond donors (Lipinski definition) is 3. The number of aromatic nitrogens is 4. The van der Waals surface area contributed by atoms with Crippen LogP contribution in [0.3, 0.4) is 0 Å². The third-order valence-electron chi connectivity index (χ3n) is 5.82. The van der Waals surface area contributed by atoms with Crippen LogP contribution in [0.1, 0.15) is 52.1 Å². The summed E-state index contributed by atoms with van der Waals surface area (Å²) in [4.78, 5) is 21.8. The summed E-state index contributed by atoms with van der Waals surface area (Å²) in [5.41, 5.74) is 2.36. The van der Waals surface area contributed by atoms with Crippen LogP contribution in [-0.4, -0.2) is 44.8 Å². The van der Waals surface area contributed by atoms with Crippen LogP contribution in [0.15, 0.2) is 48.5 Å². The van der Waals surface area contributed by atoms with E-state index in [1.807, 2.05) is 76.2 Å². The second-order valence-electron chi connectivity index (χ2n) is 10.2. The van der Waals surface area contributed by atoms with Gasteiger partial charge in [0.1, 0.15) is 17.3 Å². The van der Waals surface area contributed by atoms with Gasteiger partial charge in [-0.3, -0.25) is 9.89 Å². The van der Waals surface area contributed by atoms with Gasteiger partial charge in [-0.05, 0) is 70.9 Å². The normalized spacial score (nSPS) is 13.4. The van der Waals surface area contributed by atoms with Crippen LogP contribution < -0.4 is 20.1 Å². The fourth-order valence-electron chi connectivity index (χ4n) is 4.04. The summed E-state index contributed by atoms with van der Waals surface area (Å²) in [5.74, 6) is 3.57. The van der Waals surface area contributed by atoms with Gasteiger partial charge >= 0.3 is 0 Å². The van der Waals surface area contributed by atoms with Crippen molar-refractivity contribution in [3.8, 4) is 22.9 Å². The molecule has 1 fully saturated rings. The topological polar surface area (TPSA) is 114 Å². The SMILES string of the molecule is CCOc1ccc2nc(-c3cccc(OCC(=O)NC(C)(C)C)c3)nc(Nc3cc(C4CC4)[nH]n3)c2c1. The highest BCUT2D eigenvalue weighted by atomic mass is 16.5. The lowest BCUT2D eigenvalue weighted by Crippen LogP contribution is -2.43. The Morgan fingerprint density at radius 3 is 2.62 bits per heavy atom. The monoisotopic (exact) mass is 500 g/mol. The standard InChI is InChI=1S/C28H32N6O3/c1-5-36-20-11-12-22-21(14-20)27(30-24-15-23(33-34-24)17-9-10-17)31-26(29-22)18-7-6-8-19(13-18)37-16-25(35)32-28(2,3)4/h6-8,11-15,17H,5,9-10,16H2,1-4H3,(H,32,35)(H2,29,30,31,33,34). The molecule has 0 saturated heterocycles. The first-order valence-corrected chi connectivity index (χ1v) is 12.6. The van der Waals surface area contributed by atoms with Gasteiger partial charge in [0, 0.05) is 34.2 Å². The molecule has 1 amide bonds. The van der Waals surface area contributed by atoms with Crippen molar-refractivity contribution in [2.24, 2.45) is 0 Å². The van der Waals surface area contributed by atoms with Crippen molar-refractivity contribution in [2.75, 3.05) is 18.5 Å². The molecule has 9 heteroatoms. The van der Waals surface area contributed by atoms with E-state index in [4.69, 9.17) is 19.4 Å². The Morgan fingerprint density at radius 1 is 1.05 bits per heavy atom. The number of rotatable bonds is 9. The fourth-order valence-corrected chi connectivity index (χ4v) is 4.04. The van der Waals surface area contributed by atoms with Crippen LogP contribution in [0, 0.1) is 0 Å². The second kappa shape index (κ2) is 10.1. The van der Waals surface area contributed by atoms with E-state index in [2.05, 4.69) is 20.8 Å². The Kier molecular flexibility index (Phi) is 6.69. The summed E-state index contributed by atoms with van der Waals surface area (Å²) in [6.07, 6.45) is 2.38. The number of nitrogens with one attached hydrogen (secondary N) is 3. The largest absolute Gasteiger partial charge is 0.494 e. The van der Waals surface area contributed by atoms with Crippen molar-refractivity contribution in [2.45, 2.75) is 52.0 Å². The Labute approximate surface area is 216 Å². The van der Waals surface area contributed by atoms with Gasteiger partial charge in [-0.1, -0.05) is 12.1 Å². The molecule has 0 radical (unpaired) electrons. The van der Waals surface area contributed by atoms with E-state index < -0.39 is 0 Å². The molecule has 2 heterocycles. The Hall–Kier alpha value is -4.14. The van der Waals surface area contributed by atoms with E-state index in [1.54, 1.807) is 0 Å². The van der Waals surface area contributed by atoms with Crippen molar-refractivity contribution in [1.82, 2.24) is 25.5 Å². The minimum atomic E-state index is -0.319. The Balaban J connectivity index is 1.45. The van der Waals surface area contributed by atoms with Crippen molar-refractivity contribution in [3.05, 3.63) is 54.2 Å². The summed E-state index contributed by atoms with van der Waals surface area (Å²) < 4.78 is 11.5. The molecule has 3 N–H and O–H groups in total. The zero-order chi connectivity index (χ0) is 26.0. The highest BCUT2D eigenvalue weighted by Gasteiger charge is 2.25. The Bertz CT molecular complexity index is 1420. The van der Waals surface area contributed by atoms with E-state index >= 15 is 0 Å². The number of H-pyrrole nitrogens is 1. The van der Waals surface area contributed by atoms with Crippen LogP contribution in [-0.2, 0) is 4.79 Å². The molecule has 9 nitrogen and oxygen atoms in total. The van der Waals surface area contributed by atoms with Crippen LogP contribution in [0.4, 0.5) is 11.6 Å². The molecule has 2 aromatic carbocycles. The number of anilines is 2. The van der Waals surface area contributed by atoms with Gasteiger partial charge in [-0.15, -0.1) is 0 Å². The second-order valence-corrected chi connectivity index (χ2v) is 10.2. The molecular formula is C28H32N6O3. The average molecular weight is 501 g/mol. The van der Waals surface area contributed by atoms with Crippen LogP contribution in [0.5, 0.6) is 11.5 Å². The van der Waals surface area contributed by atoms with E-state index in [-0.39, 0.29) is 18.1 Å². The number of carbonyl (C=O) groups excluding carboxylic acids is 1. The molecule has 2 aromatic heterocycles. The first-order chi connectivity index (χ1) is 17.8. The predicted octanol–water partition coefficient (Wildman–Crippen LogP) is 5.33. The van der Waals surface area contributed by atoms with Gasteiger partial charge in [-0.25, -0.2) is 9.97 Å². The number of amides is 1. The van der Waals surface area contributed by atoms with Gasteiger partial charge in [0.25, 0.3) is 5.91 Å². The number of benzene rings is 2. The maximum atomic E-state index is 12.2. The van der Waals surface area contributed by atoms with E-state index in [9.17, 15) is 4.79 Å². The maximum absolute atomic E-state index is 12.2. The minimum Gasteiger partial charge on any atom is -0.494 e. The molecule has 0 spiro atoms. The lowest BCUT2D eigenvalue weighted by molar-refractivity contribution is -0.124. The van der Waals surface area contributed by atoms with Gasteiger partial charge in [0.05, 0.1) is 12.1 Å². The van der Waals surface area contributed by atoms with Crippen molar-refractivity contribution in [3.63, 3.8) is 0 Å². The van der Waals surface area contributed by atoms with Gasteiger partial charge in [0.15, 0.2) is 18.2 Å². The molecule has 192 valence electrons. The smallest absolute Gasteiger partial charge is 0.258 e. The summed E-state index contributed by atoms with van der Waals surface area (Å²) in [6, 6.07) is 15.2. The van der Waals surface area contributed by atoms with E-state index in [1.165, 1.54) is 12.8 Å². The quantitative estimate of drug-likeness (QED) is 0.284. The molecule has 1 aliphatic rings. The highest BCUT2D eigenvalue weighted by Crippen LogP contribution is 2.40. The van der Waals surface area contributed by atoms with Crippen LogP contribution >= 0.6 is 0 Å². The molecule has 0 aliphatic heterocycles. The molecule has 1 saturated carbocycles. The maximum Gasteiger partial charge on any atom is 0.258 e. The summed E-state index contributed by atoms with van der Waals surface area (Å²) in [5, 5.41) is 14.7. The summed E-state index contributed by atoms with van der Waals surface area (Å²) in [6.45, 7) is 8.24. The van der Waals surface area contributed by atoms with E-state index in [0.29, 0.717) is 35.7 Å². The molecular weight excluding hydrogens is 468 g/mol. The van der Waals surface area contributed by atoms with Crippen molar-refractivity contribution in [1.29, 1.82) is 0 Å². The molecule has 0 bridgehead atoms. The Morgan fingerprint density at radius 2 is 1.86 bits per heavy atom. The summed E-state index contributed by atoms with van der Waals surface area (Å²) >= 11 is 0. The molecule has 37 heavy (non-hydrogen) atoms. The number of nitrogens with zero attached hydrogens (tertiary/aromatic N) is 3. The average Bonchev–Trinajstić information content (AvgIpc) is 3.61. The highest BCUT2D eigenvalue weighted by molar-refractivity contribution is 5.93. The van der Waals surface area contributed by atoms with Crippen molar-refractivity contribution >= 4 is 28.4 Å². The zero-order valence-corrected chi connectivity index (χ0v) is 21.6. The first kappa shape index (κ1) is 24.5. The third kappa shape index (κ3) is 6.17. The predicted molar refractivity (Wildman–Crippen MR) is 143 cm³/mol. The number of hydrogen-bond acceptors (Lipinski definition) is 7. The van der Waals surface area contributed by atoms with Gasteiger partial charge in [0.2, 0.25) is 0 Å². The number of carbonyl (C=O) groups is 1. The summed E-state index contributed by atoms with van der Waals surface area (Å²) in [7, 11) is 0. The molecule has 0 atom stereocenters. The molecule has 4 aromatic rings. The van der Waals surface area contributed by atoms with Gasteiger partial charge < -0.3 is 20.1 Å². The molecule has 1 aliphatic carbocycles. The number of ether oxygens (including phenoxy) is 2. The van der Waals surface area contributed by atoms with Crippen LogP contribution in [0.25, 0.3) is 22.3 Å². The first-order valence-electron chi connectivity index (χ1n) is 12.6. The number of aromatic amines is 1. The van der Waals surface area contributed by atoms with Gasteiger partial charge in [-0.2, -0.15) is 5.10 Å². The fraction of sp³-hybridized carbons (Fsp3) is 0.357. The number of fused-ring (bicyclic) bond motifs is 1. The van der Waals surface area contributed by atoms with Crippen LogP contribution in [0.2, 0.25) is 0 Å². The lowest BCUT2D eigenvalue weighted by Gasteiger charge is -2.20. The molecule has 5 rings (SSSR count). The molecule has 0 unspecified atom stereocenters. The minimum absolute atomic E-state index is 0.0746. The van der Waals surface area contributed by atoms with E-state index in [0.717, 1.165) is 27.9 Å². The zero-order valence-electron chi connectivity index (χ0n) is 21.6. The van der Waals surface area contributed by atoms with Crippen molar-refractivity contribution < 1.29 is 14.3 Å². The lowest BCUT2D eigenvalue weighted by atomic mass is 10.1.